The van der Waals surface area contributed by atoms with Gasteiger partial charge in [0.25, 0.3) is 0 Å². The average Bonchev–Trinajstić information content (AvgIpc) is 2.84. The largest absolute Gasteiger partial charge is 0.454 e. The van der Waals surface area contributed by atoms with Crippen molar-refractivity contribution in [2.24, 2.45) is 0 Å². The Hall–Kier alpha value is -1.68. The number of benzene rings is 1. The summed E-state index contributed by atoms with van der Waals surface area (Å²) in [7, 11) is 0. The highest BCUT2D eigenvalue weighted by molar-refractivity contribution is 5.85. The highest BCUT2D eigenvalue weighted by Gasteiger charge is 2.18. The van der Waals surface area contributed by atoms with Crippen LogP contribution in [0.1, 0.15) is 5.69 Å². The molecule has 2 aliphatic rings. The van der Waals surface area contributed by atoms with Crippen LogP contribution in [-0.2, 0) is 13.0 Å². The lowest BCUT2D eigenvalue weighted by atomic mass is 10.2. The van der Waals surface area contributed by atoms with Crippen molar-refractivity contribution in [2.75, 3.05) is 19.9 Å². The summed E-state index contributed by atoms with van der Waals surface area (Å²) in [6, 6.07) is 6.46. The molecule has 2 aliphatic heterocycles. The zero-order valence-corrected chi connectivity index (χ0v) is 9.53. The molecule has 4 nitrogen and oxygen atoms in total. The molecule has 1 N–H and O–H groups in total. The molecule has 0 amide bonds. The summed E-state index contributed by atoms with van der Waals surface area (Å²) < 4.78 is 13.3. The number of hydrogen-bond acceptors (Lipinski definition) is 3. The number of aromatic nitrogens is 1. The van der Waals surface area contributed by atoms with Crippen molar-refractivity contribution in [3.05, 3.63) is 23.9 Å². The molecule has 17 heavy (non-hydrogen) atoms. The molecule has 0 spiro atoms. The van der Waals surface area contributed by atoms with Gasteiger partial charge in [0.1, 0.15) is 0 Å². The van der Waals surface area contributed by atoms with E-state index in [0.29, 0.717) is 6.79 Å². The number of fused-ring (bicyclic) bond motifs is 4. The second-order valence-corrected chi connectivity index (χ2v) is 4.55. The first-order valence-electron chi connectivity index (χ1n) is 6.04. The zero-order valence-electron chi connectivity index (χ0n) is 9.53. The van der Waals surface area contributed by atoms with Crippen LogP contribution in [0.2, 0.25) is 0 Å². The van der Waals surface area contributed by atoms with Crippen molar-refractivity contribution in [1.29, 1.82) is 0 Å². The maximum absolute atomic E-state index is 5.45. The average molecular weight is 230 g/mol. The van der Waals surface area contributed by atoms with Gasteiger partial charge in [0.15, 0.2) is 11.5 Å². The Morgan fingerprint density at radius 1 is 1.06 bits per heavy atom. The lowest BCUT2D eigenvalue weighted by Gasteiger charge is -2.06. The summed E-state index contributed by atoms with van der Waals surface area (Å²) in [6.45, 7) is 3.46. The Labute approximate surface area is 99.1 Å². The van der Waals surface area contributed by atoms with E-state index in [9.17, 15) is 0 Å². The number of ether oxygens (including phenoxy) is 2. The van der Waals surface area contributed by atoms with Crippen LogP contribution in [0.25, 0.3) is 10.9 Å². The van der Waals surface area contributed by atoms with Gasteiger partial charge in [-0.2, -0.15) is 0 Å². The summed E-state index contributed by atoms with van der Waals surface area (Å²) in [4.78, 5) is 0. The molecule has 0 unspecified atom stereocenters. The van der Waals surface area contributed by atoms with E-state index in [2.05, 4.69) is 28.1 Å². The maximum atomic E-state index is 5.45. The fourth-order valence-corrected chi connectivity index (χ4v) is 2.71. The molecule has 1 aromatic heterocycles. The van der Waals surface area contributed by atoms with Crippen molar-refractivity contribution in [2.45, 2.75) is 13.0 Å². The van der Waals surface area contributed by atoms with E-state index in [0.717, 1.165) is 37.6 Å². The quantitative estimate of drug-likeness (QED) is 0.745. The topological polar surface area (TPSA) is 35.4 Å². The molecule has 0 fully saturated rings. The standard InChI is InChI=1S/C13H14N2O2/c1-2-14-3-4-15-10(1)5-9-6-12-13(7-11(9)15)17-8-16-12/h5-7,14H,1-4,8H2. The van der Waals surface area contributed by atoms with Crippen LogP contribution < -0.4 is 14.8 Å². The van der Waals surface area contributed by atoms with Crippen LogP contribution in [0.4, 0.5) is 0 Å². The lowest BCUT2D eigenvalue weighted by molar-refractivity contribution is 0.174. The molecule has 0 aliphatic carbocycles. The molecule has 4 heteroatoms. The first-order chi connectivity index (χ1) is 8.42. The molecular weight excluding hydrogens is 216 g/mol. The van der Waals surface area contributed by atoms with Gasteiger partial charge in [-0.25, -0.2) is 0 Å². The van der Waals surface area contributed by atoms with E-state index >= 15 is 0 Å². The van der Waals surface area contributed by atoms with Crippen molar-refractivity contribution < 1.29 is 9.47 Å². The Morgan fingerprint density at radius 2 is 1.94 bits per heavy atom. The molecule has 2 aromatic rings. The van der Waals surface area contributed by atoms with Crippen LogP contribution in [0, 0.1) is 0 Å². The summed E-state index contributed by atoms with van der Waals surface area (Å²) in [6.07, 6.45) is 1.08. The molecule has 4 rings (SSSR count). The predicted molar refractivity (Wildman–Crippen MR) is 64.6 cm³/mol. The van der Waals surface area contributed by atoms with Crippen LogP contribution >= 0.6 is 0 Å². The highest BCUT2D eigenvalue weighted by atomic mass is 16.7. The lowest BCUT2D eigenvalue weighted by Crippen LogP contribution is -2.17. The van der Waals surface area contributed by atoms with E-state index in [4.69, 9.17) is 9.47 Å². The number of nitrogens with one attached hydrogen (secondary N) is 1. The van der Waals surface area contributed by atoms with Gasteiger partial charge in [0.2, 0.25) is 6.79 Å². The van der Waals surface area contributed by atoms with Crippen LogP contribution in [0.15, 0.2) is 18.2 Å². The fraction of sp³-hybridized carbons (Fsp3) is 0.385. The van der Waals surface area contributed by atoms with Crippen molar-refractivity contribution in [1.82, 2.24) is 9.88 Å². The minimum Gasteiger partial charge on any atom is -0.454 e. The van der Waals surface area contributed by atoms with Crippen molar-refractivity contribution in [3.8, 4) is 11.5 Å². The summed E-state index contributed by atoms with van der Waals surface area (Å²) in [5, 5.41) is 4.68. The number of rotatable bonds is 0. The summed E-state index contributed by atoms with van der Waals surface area (Å²) in [5.74, 6) is 1.74. The Balaban J connectivity index is 1.96. The van der Waals surface area contributed by atoms with Gasteiger partial charge in [0.05, 0.1) is 5.52 Å². The third-order valence-corrected chi connectivity index (χ3v) is 3.55. The first-order valence-corrected chi connectivity index (χ1v) is 6.04. The molecule has 88 valence electrons. The summed E-state index contributed by atoms with van der Waals surface area (Å²) in [5.41, 5.74) is 2.65. The molecule has 0 bridgehead atoms. The molecule has 0 saturated carbocycles. The monoisotopic (exact) mass is 230 g/mol. The minimum absolute atomic E-state index is 0.344. The zero-order chi connectivity index (χ0) is 11.2. The van der Waals surface area contributed by atoms with E-state index in [-0.39, 0.29) is 0 Å². The van der Waals surface area contributed by atoms with Crippen molar-refractivity contribution in [3.63, 3.8) is 0 Å². The van der Waals surface area contributed by atoms with Gasteiger partial charge < -0.3 is 19.4 Å². The summed E-state index contributed by atoms with van der Waals surface area (Å²) >= 11 is 0. The van der Waals surface area contributed by atoms with Crippen LogP contribution in [-0.4, -0.2) is 24.4 Å². The van der Waals surface area contributed by atoms with E-state index in [1.165, 1.54) is 16.6 Å². The minimum atomic E-state index is 0.344. The third kappa shape index (κ3) is 1.34. The molecular formula is C13H14N2O2. The first kappa shape index (κ1) is 9.36. The van der Waals surface area contributed by atoms with Crippen LogP contribution in [0.5, 0.6) is 11.5 Å². The van der Waals surface area contributed by atoms with Gasteiger partial charge >= 0.3 is 0 Å². The van der Waals surface area contributed by atoms with Gasteiger partial charge in [-0.1, -0.05) is 0 Å². The molecule has 1 aromatic carbocycles. The van der Waals surface area contributed by atoms with Crippen LogP contribution in [0.3, 0.4) is 0 Å². The Bertz CT molecular complexity index is 589. The van der Waals surface area contributed by atoms with Crippen molar-refractivity contribution >= 4 is 10.9 Å². The highest BCUT2D eigenvalue weighted by Crippen LogP contribution is 2.37. The fourth-order valence-electron chi connectivity index (χ4n) is 2.71. The number of nitrogens with zero attached hydrogens (tertiary/aromatic N) is 1. The Kier molecular flexibility index (Phi) is 1.87. The van der Waals surface area contributed by atoms with E-state index in [1.54, 1.807) is 0 Å². The van der Waals surface area contributed by atoms with Gasteiger partial charge in [-0.05, 0) is 12.1 Å². The normalized spacial score (nSPS) is 18.1. The second-order valence-electron chi connectivity index (χ2n) is 4.55. The van der Waals surface area contributed by atoms with Gasteiger partial charge in [0, 0.05) is 43.2 Å². The van der Waals surface area contributed by atoms with E-state index < -0.39 is 0 Å². The maximum Gasteiger partial charge on any atom is 0.231 e. The molecule has 3 heterocycles. The smallest absolute Gasteiger partial charge is 0.231 e. The third-order valence-electron chi connectivity index (χ3n) is 3.55. The molecule has 0 saturated heterocycles. The van der Waals surface area contributed by atoms with Gasteiger partial charge in [-0.15, -0.1) is 0 Å². The van der Waals surface area contributed by atoms with Gasteiger partial charge in [-0.3, -0.25) is 0 Å². The Morgan fingerprint density at radius 3 is 2.88 bits per heavy atom. The predicted octanol–water partition coefficient (Wildman–Crippen LogP) is 1.52. The molecule has 0 atom stereocenters. The molecule has 0 radical (unpaired) electrons. The second kappa shape index (κ2) is 3.40. The SMILES string of the molecule is c1c2c(cc3c1cc1n3CCNCC1)OCO2. The van der Waals surface area contributed by atoms with E-state index in [1.807, 2.05) is 0 Å². The number of hydrogen-bond donors (Lipinski definition) is 1.